The zero-order valence-corrected chi connectivity index (χ0v) is 10.6. The van der Waals surface area contributed by atoms with E-state index in [-0.39, 0.29) is 11.7 Å². The molecule has 0 saturated carbocycles. The molecule has 0 bridgehead atoms. The second kappa shape index (κ2) is 4.79. The predicted molar refractivity (Wildman–Crippen MR) is 74.2 cm³/mol. The number of aromatic amines is 1. The molecule has 1 aromatic heterocycles. The van der Waals surface area contributed by atoms with Gasteiger partial charge in [-0.2, -0.15) is 5.10 Å². The van der Waals surface area contributed by atoms with Crippen LogP contribution in [0.2, 0.25) is 0 Å². The summed E-state index contributed by atoms with van der Waals surface area (Å²) < 4.78 is 1.56. The molecule has 2 heterocycles. The fraction of sp³-hybridized carbons (Fsp3) is 0.385. The van der Waals surface area contributed by atoms with Crippen molar-refractivity contribution in [3.63, 3.8) is 0 Å². The number of anilines is 2. The molecule has 6 nitrogen and oxygen atoms in total. The van der Waals surface area contributed by atoms with Gasteiger partial charge in [-0.25, -0.2) is 9.48 Å². The maximum atomic E-state index is 11.5. The fourth-order valence-electron chi connectivity index (χ4n) is 2.58. The second-order valence-corrected chi connectivity index (χ2v) is 4.85. The highest BCUT2D eigenvalue weighted by Gasteiger charge is 2.22. The van der Waals surface area contributed by atoms with Gasteiger partial charge in [0.25, 0.3) is 0 Å². The Morgan fingerprint density at radius 1 is 1.21 bits per heavy atom. The van der Waals surface area contributed by atoms with Gasteiger partial charge in [0.15, 0.2) is 0 Å². The molecule has 1 aliphatic heterocycles. The Hall–Kier alpha value is -2.24. The van der Waals surface area contributed by atoms with Crippen molar-refractivity contribution in [1.82, 2.24) is 14.8 Å². The standard InChI is InChI=1S/C13H17N5O/c14-10-1-3-11(4-2-10)17-7-5-12(6-8-17)18-13(19)15-9-16-18/h1-4,9,12H,5-8,14H2,(H,15,16,19). The van der Waals surface area contributed by atoms with E-state index in [1.807, 2.05) is 24.3 Å². The zero-order chi connectivity index (χ0) is 13.2. The van der Waals surface area contributed by atoms with Crippen LogP contribution >= 0.6 is 0 Å². The van der Waals surface area contributed by atoms with Gasteiger partial charge in [-0.05, 0) is 37.1 Å². The van der Waals surface area contributed by atoms with Crippen molar-refractivity contribution in [2.45, 2.75) is 18.9 Å². The summed E-state index contributed by atoms with van der Waals surface area (Å²) in [7, 11) is 0. The van der Waals surface area contributed by atoms with Crippen LogP contribution in [0.3, 0.4) is 0 Å². The SMILES string of the molecule is Nc1ccc(N2CCC(n3nc[nH]c3=O)CC2)cc1. The molecule has 1 aromatic carbocycles. The summed E-state index contributed by atoms with van der Waals surface area (Å²) in [6.45, 7) is 1.85. The van der Waals surface area contributed by atoms with Crippen LogP contribution < -0.4 is 16.3 Å². The van der Waals surface area contributed by atoms with Crippen LogP contribution in [0.15, 0.2) is 35.4 Å². The second-order valence-electron chi connectivity index (χ2n) is 4.85. The first-order valence-corrected chi connectivity index (χ1v) is 6.47. The average Bonchev–Trinajstić information content (AvgIpc) is 2.86. The highest BCUT2D eigenvalue weighted by molar-refractivity contribution is 5.53. The minimum atomic E-state index is -0.120. The molecule has 3 rings (SSSR count). The molecule has 100 valence electrons. The van der Waals surface area contributed by atoms with E-state index in [1.165, 1.54) is 12.0 Å². The van der Waals surface area contributed by atoms with Crippen LogP contribution in [0.25, 0.3) is 0 Å². The molecule has 1 fully saturated rings. The number of aromatic nitrogens is 3. The maximum absolute atomic E-state index is 11.5. The Bertz CT molecular complexity index is 592. The largest absolute Gasteiger partial charge is 0.399 e. The number of piperidine rings is 1. The van der Waals surface area contributed by atoms with E-state index < -0.39 is 0 Å². The minimum absolute atomic E-state index is 0.120. The number of H-pyrrole nitrogens is 1. The highest BCUT2D eigenvalue weighted by atomic mass is 16.1. The van der Waals surface area contributed by atoms with Crippen molar-refractivity contribution in [3.8, 4) is 0 Å². The van der Waals surface area contributed by atoms with Gasteiger partial charge in [0, 0.05) is 24.5 Å². The van der Waals surface area contributed by atoms with Crippen LogP contribution in [-0.4, -0.2) is 27.9 Å². The molecule has 6 heteroatoms. The molecule has 2 aromatic rings. The number of hydrogen-bond donors (Lipinski definition) is 2. The van der Waals surface area contributed by atoms with E-state index in [0.717, 1.165) is 31.6 Å². The van der Waals surface area contributed by atoms with Crippen LogP contribution in [0.5, 0.6) is 0 Å². The van der Waals surface area contributed by atoms with Gasteiger partial charge >= 0.3 is 5.69 Å². The number of nitrogens with one attached hydrogen (secondary N) is 1. The van der Waals surface area contributed by atoms with Crippen molar-refractivity contribution in [2.75, 3.05) is 23.7 Å². The van der Waals surface area contributed by atoms with E-state index in [2.05, 4.69) is 15.0 Å². The first kappa shape index (κ1) is 11.8. The zero-order valence-electron chi connectivity index (χ0n) is 10.6. The van der Waals surface area contributed by atoms with Crippen molar-refractivity contribution >= 4 is 11.4 Å². The van der Waals surface area contributed by atoms with E-state index in [9.17, 15) is 4.79 Å². The first-order valence-electron chi connectivity index (χ1n) is 6.47. The van der Waals surface area contributed by atoms with Gasteiger partial charge in [-0.15, -0.1) is 0 Å². The number of hydrogen-bond acceptors (Lipinski definition) is 4. The quantitative estimate of drug-likeness (QED) is 0.788. The van der Waals surface area contributed by atoms with Gasteiger partial charge in [-0.1, -0.05) is 0 Å². The molecule has 0 amide bonds. The van der Waals surface area contributed by atoms with Gasteiger partial charge in [0.05, 0.1) is 6.04 Å². The third kappa shape index (κ3) is 2.33. The van der Waals surface area contributed by atoms with Crippen molar-refractivity contribution in [2.24, 2.45) is 0 Å². The molecule has 0 spiro atoms. The van der Waals surface area contributed by atoms with Gasteiger partial charge in [0.1, 0.15) is 6.33 Å². The van der Waals surface area contributed by atoms with Gasteiger partial charge in [-0.3, -0.25) is 4.98 Å². The Morgan fingerprint density at radius 3 is 2.47 bits per heavy atom. The number of nitrogens with zero attached hydrogens (tertiary/aromatic N) is 3. The smallest absolute Gasteiger partial charge is 0.343 e. The van der Waals surface area contributed by atoms with Crippen molar-refractivity contribution in [1.29, 1.82) is 0 Å². The summed E-state index contributed by atoms with van der Waals surface area (Å²) in [5.41, 5.74) is 7.53. The monoisotopic (exact) mass is 259 g/mol. The Kier molecular flexibility index (Phi) is 2.98. The Morgan fingerprint density at radius 2 is 1.89 bits per heavy atom. The molecular formula is C13H17N5O. The predicted octanol–water partition coefficient (Wildman–Crippen LogP) is 0.995. The Balaban J connectivity index is 1.68. The summed E-state index contributed by atoms with van der Waals surface area (Å²) in [6, 6.07) is 8.11. The lowest BCUT2D eigenvalue weighted by Crippen LogP contribution is -2.37. The summed E-state index contributed by atoms with van der Waals surface area (Å²) in [4.78, 5) is 16.4. The topological polar surface area (TPSA) is 79.9 Å². The lowest BCUT2D eigenvalue weighted by Gasteiger charge is -2.33. The number of nitrogen functional groups attached to an aromatic ring is 1. The number of nitrogens with two attached hydrogens (primary N) is 1. The number of rotatable bonds is 2. The molecule has 1 saturated heterocycles. The van der Waals surface area contributed by atoms with E-state index in [1.54, 1.807) is 4.68 Å². The molecule has 0 aliphatic carbocycles. The normalized spacial score (nSPS) is 16.7. The van der Waals surface area contributed by atoms with E-state index in [4.69, 9.17) is 5.73 Å². The number of benzene rings is 1. The van der Waals surface area contributed by atoms with E-state index >= 15 is 0 Å². The lowest BCUT2D eigenvalue weighted by atomic mass is 10.0. The maximum Gasteiger partial charge on any atom is 0.343 e. The van der Waals surface area contributed by atoms with Crippen LogP contribution in [0.1, 0.15) is 18.9 Å². The van der Waals surface area contributed by atoms with Crippen LogP contribution in [0.4, 0.5) is 11.4 Å². The lowest BCUT2D eigenvalue weighted by molar-refractivity contribution is 0.358. The third-order valence-electron chi connectivity index (χ3n) is 3.65. The minimum Gasteiger partial charge on any atom is -0.399 e. The van der Waals surface area contributed by atoms with Crippen molar-refractivity contribution in [3.05, 3.63) is 41.1 Å². The summed E-state index contributed by atoms with van der Waals surface area (Å²) in [5, 5.41) is 4.06. The molecule has 0 radical (unpaired) electrons. The van der Waals surface area contributed by atoms with Crippen LogP contribution in [-0.2, 0) is 0 Å². The molecule has 0 atom stereocenters. The van der Waals surface area contributed by atoms with E-state index in [0.29, 0.717) is 0 Å². The van der Waals surface area contributed by atoms with Crippen molar-refractivity contribution < 1.29 is 0 Å². The van der Waals surface area contributed by atoms with Gasteiger partial charge in [0.2, 0.25) is 0 Å². The third-order valence-corrected chi connectivity index (χ3v) is 3.65. The molecule has 0 unspecified atom stereocenters. The first-order chi connectivity index (χ1) is 9.24. The highest BCUT2D eigenvalue weighted by Crippen LogP contribution is 2.25. The fourth-order valence-corrected chi connectivity index (χ4v) is 2.58. The van der Waals surface area contributed by atoms with Crippen LogP contribution in [0, 0.1) is 0 Å². The molecule has 19 heavy (non-hydrogen) atoms. The molecular weight excluding hydrogens is 242 g/mol. The summed E-state index contributed by atoms with van der Waals surface area (Å²) in [5.74, 6) is 0. The molecule has 3 N–H and O–H groups in total. The molecule has 1 aliphatic rings. The Labute approximate surface area is 110 Å². The average molecular weight is 259 g/mol. The summed E-state index contributed by atoms with van der Waals surface area (Å²) >= 11 is 0. The van der Waals surface area contributed by atoms with Gasteiger partial charge < -0.3 is 10.6 Å². The summed E-state index contributed by atoms with van der Waals surface area (Å²) in [6.07, 6.45) is 3.30.